The van der Waals surface area contributed by atoms with Crippen molar-refractivity contribution in [1.29, 1.82) is 0 Å². The van der Waals surface area contributed by atoms with Gasteiger partial charge in [0, 0.05) is 13.1 Å². The number of nitrogens with two attached hydrogens (primary N) is 1. The zero-order valence-corrected chi connectivity index (χ0v) is 10.1. The summed E-state index contributed by atoms with van der Waals surface area (Å²) in [6.45, 7) is 1.88. The van der Waals surface area contributed by atoms with E-state index in [-0.39, 0.29) is 12.4 Å². The number of anilines is 1. The Balaban J connectivity index is 2.16. The number of ether oxygens (including phenoxy) is 1. The highest BCUT2D eigenvalue weighted by atomic mass is 19.1. The van der Waals surface area contributed by atoms with Crippen molar-refractivity contribution in [3.8, 4) is 5.75 Å². The van der Waals surface area contributed by atoms with E-state index in [9.17, 15) is 8.78 Å². The summed E-state index contributed by atoms with van der Waals surface area (Å²) in [6, 6.07) is 3.15. The maximum Gasteiger partial charge on any atom is 0.167 e. The number of benzene rings is 1. The normalized spacial score (nSPS) is 10.7. The molecule has 0 saturated heterocycles. The molecule has 0 aliphatic rings. The van der Waals surface area contributed by atoms with E-state index in [1.54, 1.807) is 14.0 Å². The second-order valence-corrected chi connectivity index (χ2v) is 3.94. The third-order valence-electron chi connectivity index (χ3n) is 2.66. The lowest BCUT2D eigenvalue weighted by Crippen LogP contribution is -2.03. The second kappa shape index (κ2) is 4.64. The Morgan fingerprint density at radius 1 is 1.39 bits per heavy atom. The number of nitrogen functional groups attached to an aromatic ring is 1. The predicted octanol–water partition coefficient (Wildman–Crippen LogP) is 2.17. The van der Waals surface area contributed by atoms with E-state index in [1.807, 2.05) is 0 Å². The topological polar surface area (TPSA) is 53.1 Å². The minimum absolute atomic E-state index is 0.0148. The smallest absolute Gasteiger partial charge is 0.167 e. The fourth-order valence-electron chi connectivity index (χ4n) is 1.64. The Morgan fingerprint density at radius 2 is 2.11 bits per heavy atom. The Labute approximate surface area is 103 Å². The molecule has 0 spiro atoms. The van der Waals surface area contributed by atoms with E-state index in [0.29, 0.717) is 11.4 Å². The zero-order chi connectivity index (χ0) is 13.3. The quantitative estimate of drug-likeness (QED) is 0.912. The third kappa shape index (κ3) is 2.27. The van der Waals surface area contributed by atoms with Gasteiger partial charge in [-0.15, -0.1) is 0 Å². The zero-order valence-electron chi connectivity index (χ0n) is 10.1. The molecule has 0 bridgehead atoms. The van der Waals surface area contributed by atoms with Crippen LogP contribution in [0.5, 0.6) is 5.75 Å². The van der Waals surface area contributed by atoms with Gasteiger partial charge in [0.2, 0.25) is 0 Å². The lowest BCUT2D eigenvalue weighted by atomic mass is 10.2. The highest BCUT2D eigenvalue weighted by molar-refractivity contribution is 5.42. The van der Waals surface area contributed by atoms with Crippen molar-refractivity contribution in [2.45, 2.75) is 13.5 Å². The van der Waals surface area contributed by atoms with Gasteiger partial charge >= 0.3 is 0 Å². The van der Waals surface area contributed by atoms with Gasteiger partial charge in [-0.25, -0.2) is 8.78 Å². The van der Waals surface area contributed by atoms with Gasteiger partial charge in [0.1, 0.15) is 18.2 Å². The molecule has 0 saturated carbocycles. The minimum atomic E-state index is -0.741. The summed E-state index contributed by atoms with van der Waals surface area (Å²) in [5.41, 5.74) is 7.21. The maximum atomic E-state index is 13.3. The average Bonchev–Trinajstić information content (AvgIpc) is 2.53. The van der Waals surface area contributed by atoms with Gasteiger partial charge in [-0.1, -0.05) is 0 Å². The molecule has 2 N–H and O–H groups in total. The van der Waals surface area contributed by atoms with Crippen LogP contribution in [0.15, 0.2) is 18.2 Å². The molecule has 1 aromatic heterocycles. The first-order valence-corrected chi connectivity index (χ1v) is 5.35. The van der Waals surface area contributed by atoms with Crippen molar-refractivity contribution in [3.05, 3.63) is 41.1 Å². The molecule has 6 heteroatoms. The number of rotatable bonds is 3. The molecule has 0 fully saturated rings. The van der Waals surface area contributed by atoms with E-state index in [1.165, 1.54) is 10.7 Å². The Kier molecular flexibility index (Phi) is 3.18. The molecule has 2 rings (SSSR count). The molecule has 4 nitrogen and oxygen atoms in total. The van der Waals surface area contributed by atoms with Crippen molar-refractivity contribution >= 4 is 5.82 Å². The standard InChI is InChI=1S/C12H13F2N3O/c1-7-9(12(15)17(2)16-7)6-18-11-4-3-8(13)5-10(11)14/h3-5H,6,15H2,1-2H3. The van der Waals surface area contributed by atoms with Crippen molar-refractivity contribution in [2.24, 2.45) is 7.05 Å². The minimum Gasteiger partial charge on any atom is -0.486 e. The molecule has 18 heavy (non-hydrogen) atoms. The lowest BCUT2D eigenvalue weighted by molar-refractivity contribution is 0.289. The molecule has 96 valence electrons. The first-order valence-electron chi connectivity index (χ1n) is 5.35. The van der Waals surface area contributed by atoms with Crippen LogP contribution in [0, 0.1) is 18.6 Å². The van der Waals surface area contributed by atoms with Gasteiger partial charge < -0.3 is 10.5 Å². The van der Waals surface area contributed by atoms with Crippen molar-refractivity contribution in [1.82, 2.24) is 9.78 Å². The molecule has 0 aliphatic carbocycles. The summed E-state index contributed by atoms with van der Waals surface area (Å²) in [5, 5.41) is 4.12. The van der Waals surface area contributed by atoms with E-state index in [4.69, 9.17) is 10.5 Å². The molecule has 1 heterocycles. The van der Waals surface area contributed by atoms with Gasteiger partial charge in [0.25, 0.3) is 0 Å². The molecular formula is C12H13F2N3O. The monoisotopic (exact) mass is 253 g/mol. The maximum absolute atomic E-state index is 13.3. The van der Waals surface area contributed by atoms with Crippen LogP contribution in [-0.2, 0) is 13.7 Å². The van der Waals surface area contributed by atoms with E-state index in [0.717, 1.165) is 17.8 Å². The predicted molar refractivity (Wildman–Crippen MR) is 63.0 cm³/mol. The Hall–Kier alpha value is -2.11. The molecule has 0 unspecified atom stereocenters. The summed E-state index contributed by atoms with van der Waals surface area (Å²) in [7, 11) is 1.71. The Bertz CT molecular complexity index is 581. The van der Waals surface area contributed by atoms with Crippen molar-refractivity contribution < 1.29 is 13.5 Å². The first kappa shape index (κ1) is 12.3. The third-order valence-corrected chi connectivity index (χ3v) is 2.66. The van der Waals surface area contributed by atoms with Gasteiger partial charge in [-0.3, -0.25) is 4.68 Å². The number of hydrogen-bond acceptors (Lipinski definition) is 3. The van der Waals surface area contributed by atoms with Crippen LogP contribution in [0.3, 0.4) is 0 Å². The molecule has 1 aromatic carbocycles. The fourth-order valence-corrected chi connectivity index (χ4v) is 1.64. The summed E-state index contributed by atoms with van der Waals surface area (Å²) in [4.78, 5) is 0. The van der Waals surface area contributed by atoms with Gasteiger partial charge in [0.05, 0.1) is 11.3 Å². The van der Waals surface area contributed by atoms with Crippen LogP contribution in [0.2, 0.25) is 0 Å². The lowest BCUT2D eigenvalue weighted by Gasteiger charge is -2.07. The highest BCUT2D eigenvalue weighted by Gasteiger charge is 2.12. The second-order valence-electron chi connectivity index (χ2n) is 3.94. The largest absolute Gasteiger partial charge is 0.486 e. The molecule has 0 radical (unpaired) electrons. The molecule has 2 aromatic rings. The summed E-state index contributed by atoms with van der Waals surface area (Å²) in [5.74, 6) is -0.930. The van der Waals surface area contributed by atoms with Gasteiger partial charge in [0.15, 0.2) is 11.6 Å². The molecular weight excluding hydrogens is 240 g/mol. The van der Waals surface area contributed by atoms with Gasteiger partial charge in [-0.2, -0.15) is 5.10 Å². The van der Waals surface area contributed by atoms with E-state index in [2.05, 4.69) is 5.10 Å². The highest BCUT2D eigenvalue weighted by Crippen LogP contribution is 2.21. The van der Waals surface area contributed by atoms with Crippen LogP contribution < -0.4 is 10.5 Å². The number of aryl methyl sites for hydroxylation is 2. The van der Waals surface area contributed by atoms with Crippen molar-refractivity contribution in [3.63, 3.8) is 0 Å². The summed E-state index contributed by atoms with van der Waals surface area (Å²) in [6.07, 6.45) is 0. The van der Waals surface area contributed by atoms with E-state index < -0.39 is 11.6 Å². The number of halogens is 2. The molecule has 0 amide bonds. The first-order chi connectivity index (χ1) is 8.49. The molecule has 0 atom stereocenters. The van der Waals surface area contributed by atoms with Crippen LogP contribution in [0.1, 0.15) is 11.3 Å². The number of aromatic nitrogens is 2. The number of nitrogens with zero attached hydrogens (tertiary/aromatic N) is 2. The summed E-state index contributed by atoms with van der Waals surface area (Å²) >= 11 is 0. The Morgan fingerprint density at radius 3 is 2.67 bits per heavy atom. The van der Waals surface area contributed by atoms with Crippen LogP contribution in [0.25, 0.3) is 0 Å². The summed E-state index contributed by atoms with van der Waals surface area (Å²) < 4.78 is 32.9. The van der Waals surface area contributed by atoms with Crippen LogP contribution in [0.4, 0.5) is 14.6 Å². The fraction of sp³-hybridized carbons (Fsp3) is 0.250. The van der Waals surface area contributed by atoms with Crippen LogP contribution in [-0.4, -0.2) is 9.78 Å². The number of hydrogen-bond donors (Lipinski definition) is 1. The molecule has 0 aliphatic heterocycles. The van der Waals surface area contributed by atoms with Gasteiger partial charge in [-0.05, 0) is 19.1 Å². The van der Waals surface area contributed by atoms with Crippen molar-refractivity contribution in [2.75, 3.05) is 5.73 Å². The SMILES string of the molecule is Cc1nn(C)c(N)c1COc1ccc(F)cc1F. The van der Waals surface area contributed by atoms with Crippen LogP contribution >= 0.6 is 0 Å². The average molecular weight is 253 g/mol. The van der Waals surface area contributed by atoms with E-state index >= 15 is 0 Å².